The van der Waals surface area contributed by atoms with E-state index < -0.39 is 5.60 Å². The summed E-state index contributed by atoms with van der Waals surface area (Å²) in [6, 6.07) is 7.05. The molecule has 2 amide bonds. The number of carbonyl (C=O) groups is 2. The first-order valence-electron chi connectivity index (χ1n) is 9.43. The third kappa shape index (κ3) is 6.92. The second-order valence-electron chi connectivity index (χ2n) is 7.45. The summed E-state index contributed by atoms with van der Waals surface area (Å²) in [6.45, 7) is 5.81. The lowest BCUT2D eigenvalue weighted by molar-refractivity contribution is -0.147. The highest BCUT2D eigenvalue weighted by Gasteiger charge is 2.35. The molecule has 150 valence electrons. The van der Waals surface area contributed by atoms with Gasteiger partial charge in [0.1, 0.15) is 5.75 Å². The highest BCUT2D eigenvalue weighted by molar-refractivity contribution is 7.81. The first-order chi connectivity index (χ1) is 12.8. The van der Waals surface area contributed by atoms with Gasteiger partial charge < -0.3 is 15.0 Å². The molecule has 1 fully saturated rings. The average Bonchev–Trinajstić information content (AvgIpc) is 2.66. The molecule has 7 heteroatoms. The van der Waals surface area contributed by atoms with E-state index in [1.165, 1.54) is 0 Å². The Labute approximate surface area is 172 Å². The molecule has 0 unspecified atom stereocenters. The summed E-state index contributed by atoms with van der Waals surface area (Å²) >= 11 is 9.84. The third-order valence-electron chi connectivity index (χ3n) is 4.86. The minimum atomic E-state index is -0.919. The number of nitrogens with zero attached hydrogens (tertiary/aromatic N) is 1. The second kappa shape index (κ2) is 10.2. The number of piperidine rings is 1. The van der Waals surface area contributed by atoms with Crippen LogP contribution in [0.4, 0.5) is 0 Å². The van der Waals surface area contributed by atoms with Crippen molar-refractivity contribution in [3.63, 3.8) is 0 Å². The first-order valence-corrected chi connectivity index (χ1v) is 10.4. The Hall–Kier alpha value is -1.40. The Bertz CT molecular complexity index is 629. The number of nitrogens with one attached hydrogen (secondary N) is 1. The normalized spacial score (nSPS) is 15.5. The van der Waals surface area contributed by atoms with Crippen LogP contribution in [-0.4, -0.2) is 47.7 Å². The number of hydrogen-bond donors (Lipinski definition) is 2. The largest absolute Gasteiger partial charge is 0.478 e. The quantitative estimate of drug-likeness (QED) is 0.507. The lowest BCUT2D eigenvalue weighted by atomic mass is 9.91. The van der Waals surface area contributed by atoms with Gasteiger partial charge in [-0.05, 0) is 69.7 Å². The van der Waals surface area contributed by atoms with Crippen LogP contribution in [0, 0.1) is 5.92 Å². The predicted octanol–water partition coefficient (Wildman–Crippen LogP) is 3.56. The molecular formula is C20H29ClN2O3S. The predicted molar refractivity (Wildman–Crippen MR) is 112 cm³/mol. The molecule has 0 aliphatic carbocycles. The third-order valence-corrected chi connectivity index (χ3v) is 5.40. The van der Waals surface area contributed by atoms with E-state index in [0.717, 1.165) is 38.8 Å². The summed E-state index contributed by atoms with van der Waals surface area (Å²) in [4.78, 5) is 26.0. The molecule has 1 aliphatic heterocycles. The summed E-state index contributed by atoms with van der Waals surface area (Å²) in [5.74, 6) is 1.45. The molecule has 27 heavy (non-hydrogen) atoms. The van der Waals surface area contributed by atoms with Gasteiger partial charge in [0.05, 0.1) is 5.75 Å². The van der Waals surface area contributed by atoms with Crippen LogP contribution in [0.15, 0.2) is 24.3 Å². The Kier molecular flexibility index (Phi) is 8.29. The molecule has 0 bridgehead atoms. The number of likely N-dealkylation sites (tertiary alicyclic amines) is 1. The van der Waals surface area contributed by atoms with E-state index in [1.807, 2.05) is 4.90 Å². The van der Waals surface area contributed by atoms with Gasteiger partial charge in [0.2, 0.25) is 5.91 Å². The van der Waals surface area contributed by atoms with E-state index in [1.54, 1.807) is 38.1 Å². The Morgan fingerprint density at radius 2 is 1.89 bits per heavy atom. The van der Waals surface area contributed by atoms with Crippen LogP contribution in [0.2, 0.25) is 5.02 Å². The number of carbonyl (C=O) groups excluding carboxylic acids is 2. The molecule has 5 nitrogen and oxygen atoms in total. The fourth-order valence-corrected chi connectivity index (χ4v) is 3.56. The van der Waals surface area contributed by atoms with E-state index in [2.05, 4.69) is 17.9 Å². The van der Waals surface area contributed by atoms with Gasteiger partial charge in [-0.15, -0.1) is 0 Å². The Morgan fingerprint density at radius 3 is 2.48 bits per heavy atom. The minimum absolute atomic E-state index is 0.0111. The Balaban J connectivity index is 1.76. The first kappa shape index (κ1) is 21.9. The van der Waals surface area contributed by atoms with E-state index >= 15 is 0 Å². The molecule has 2 rings (SSSR count). The van der Waals surface area contributed by atoms with Gasteiger partial charge in [-0.2, -0.15) is 12.6 Å². The molecule has 1 N–H and O–H groups in total. The lowest BCUT2D eigenvalue weighted by Gasteiger charge is -2.37. The lowest BCUT2D eigenvalue weighted by Crippen LogP contribution is -2.51. The van der Waals surface area contributed by atoms with Gasteiger partial charge in [0, 0.05) is 24.7 Å². The molecule has 1 saturated heterocycles. The summed E-state index contributed by atoms with van der Waals surface area (Å²) in [5.41, 5.74) is -0.919. The van der Waals surface area contributed by atoms with Crippen LogP contribution >= 0.6 is 24.2 Å². The van der Waals surface area contributed by atoms with Crippen molar-refractivity contribution in [2.75, 3.05) is 25.4 Å². The monoisotopic (exact) mass is 412 g/mol. The summed E-state index contributed by atoms with van der Waals surface area (Å²) in [7, 11) is 0. The fraction of sp³-hybridized carbons (Fsp3) is 0.600. The van der Waals surface area contributed by atoms with E-state index in [9.17, 15) is 9.59 Å². The number of benzene rings is 1. The summed E-state index contributed by atoms with van der Waals surface area (Å²) in [6.07, 6.45) is 4.01. The molecule has 0 aromatic heterocycles. The van der Waals surface area contributed by atoms with Crippen molar-refractivity contribution in [2.24, 2.45) is 5.92 Å². The Morgan fingerprint density at radius 1 is 1.26 bits per heavy atom. The molecule has 1 heterocycles. The van der Waals surface area contributed by atoms with Crippen molar-refractivity contribution in [3.8, 4) is 5.75 Å². The number of thiol groups is 1. The number of ether oxygens (including phenoxy) is 1. The topological polar surface area (TPSA) is 58.6 Å². The van der Waals surface area contributed by atoms with Gasteiger partial charge in [0.25, 0.3) is 5.91 Å². The zero-order chi connectivity index (χ0) is 19.9. The number of hydrogen-bond acceptors (Lipinski definition) is 4. The van der Waals surface area contributed by atoms with Crippen molar-refractivity contribution < 1.29 is 14.3 Å². The van der Waals surface area contributed by atoms with Crippen LogP contribution < -0.4 is 10.1 Å². The highest BCUT2D eigenvalue weighted by atomic mass is 35.5. The van der Waals surface area contributed by atoms with Gasteiger partial charge in [0.15, 0.2) is 5.60 Å². The maximum atomic E-state index is 12.9. The maximum Gasteiger partial charge on any atom is 0.266 e. The number of rotatable bonds is 8. The van der Waals surface area contributed by atoms with Gasteiger partial charge >= 0.3 is 0 Å². The fourth-order valence-electron chi connectivity index (χ4n) is 3.32. The SMILES string of the molecule is CC(C)(Oc1ccc(Cl)cc1)C(=O)N1CCC(CCCNC(=O)CS)CC1. The standard InChI is InChI=1S/C20H29ClN2O3S/c1-20(2,26-17-7-5-16(21)6-8-17)19(25)23-12-9-15(10-13-23)4-3-11-22-18(24)14-27/h5-8,15,27H,3-4,9-14H2,1-2H3,(H,22,24). The number of amides is 2. The maximum absolute atomic E-state index is 12.9. The van der Waals surface area contributed by atoms with E-state index in [-0.39, 0.29) is 17.6 Å². The van der Waals surface area contributed by atoms with Crippen LogP contribution in [0.5, 0.6) is 5.75 Å². The van der Waals surface area contributed by atoms with Gasteiger partial charge in [-0.1, -0.05) is 11.6 Å². The molecule has 1 aliphatic rings. The molecule has 0 atom stereocenters. The molecule has 1 aromatic rings. The zero-order valence-electron chi connectivity index (χ0n) is 16.0. The van der Waals surface area contributed by atoms with E-state index in [0.29, 0.717) is 23.2 Å². The van der Waals surface area contributed by atoms with Crippen molar-refractivity contribution >= 4 is 36.0 Å². The average molecular weight is 413 g/mol. The highest BCUT2D eigenvalue weighted by Crippen LogP contribution is 2.26. The van der Waals surface area contributed by atoms with Crippen molar-refractivity contribution in [1.82, 2.24) is 10.2 Å². The second-order valence-corrected chi connectivity index (χ2v) is 8.20. The van der Waals surface area contributed by atoms with Crippen LogP contribution in [-0.2, 0) is 9.59 Å². The van der Waals surface area contributed by atoms with Crippen LogP contribution in [0.25, 0.3) is 0 Å². The molecule has 0 saturated carbocycles. The molecule has 0 radical (unpaired) electrons. The van der Waals surface area contributed by atoms with Crippen LogP contribution in [0.3, 0.4) is 0 Å². The molecule has 0 spiro atoms. The molecule has 1 aromatic carbocycles. The summed E-state index contributed by atoms with van der Waals surface area (Å²) in [5, 5.41) is 3.48. The minimum Gasteiger partial charge on any atom is -0.478 e. The summed E-state index contributed by atoms with van der Waals surface area (Å²) < 4.78 is 5.91. The van der Waals surface area contributed by atoms with Crippen molar-refractivity contribution in [2.45, 2.75) is 45.1 Å². The van der Waals surface area contributed by atoms with Crippen molar-refractivity contribution in [3.05, 3.63) is 29.3 Å². The van der Waals surface area contributed by atoms with E-state index in [4.69, 9.17) is 16.3 Å². The van der Waals surface area contributed by atoms with Crippen LogP contribution in [0.1, 0.15) is 39.5 Å². The molecular weight excluding hydrogens is 384 g/mol. The smallest absolute Gasteiger partial charge is 0.266 e. The van der Waals surface area contributed by atoms with Crippen molar-refractivity contribution in [1.29, 1.82) is 0 Å². The van der Waals surface area contributed by atoms with Gasteiger partial charge in [-0.25, -0.2) is 0 Å². The zero-order valence-corrected chi connectivity index (χ0v) is 17.7. The number of halogens is 1. The van der Waals surface area contributed by atoms with Gasteiger partial charge in [-0.3, -0.25) is 9.59 Å².